The molecule has 1 aliphatic heterocycles. The Morgan fingerprint density at radius 3 is 2.58 bits per heavy atom. The van der Waals surface area contributed by atoms with Crippen molar-refractivity contribution in [3.63, 3.8) is 0 Å². The third-order valence-corrected chi connectivity index (χ3v) is 4.09. The first-order valence-electron chi connectivity index (χ1n) is 8.52. The van der Waals surface area contributed by atoms with Crippen molar-refractivity contribution in [2.45, 2.75) is 12.8 Å². The summed E-state index contributed by atoms with van der Waals surface area (Å²) in [5, 5.41) is 2.78. The van der Waals surface area contributed by atoms with Crippen molar-refractivity contribution in [1.29, 1.82) is 0 Å². The summed E-state index contributed by atoms with van der Waals surface area (Å²) >= 11 is 0. The van der Waals surface area contributed by atoms with Gasteiger partial charge in [0.2, 0.25) is 0 Å². The smallest absolute Gasteiger partial charge is 0.338 e. The van der Waals surface area contributed by atoms with E-state index >= 15 is 0 Å². The fourth-order valence-corrected chi connectivity index (χ4v) is 2.60. The first-order chi connectivity index (χ1) is 12.6. The van der Waals surface area contributed by atoms with E-state index in [9.17, 15) is 9.59 Å². The molecule has 1 N–H and O–H groups in total. The highest BCUT2D eigenvalue weighted by atomic mass is 16.6. The van der Waals surface area contributed by atoms with Crippen LogP contribution in [0.3, 0.4) is 0 Å². The van der Waals surface area contributed by atoms with Crippen LogP contribution in [0, 0.1) is 0 Å². The van der Waals surface area contributed by atoms with Gasteiger partial charge in [0.1, 0.15) is 13.2 Å². The van der Waals surface area contributed by atoms with Gasteiger partial charge in [-0.2, -0.15) is 0 Å². The molecule has 0 fully saturated rings. The highest BCUT2D eigenvalue weighted by Crippen LogP contribution is 2.30. The van der Waals surface area contributed by atoms with Crippen molar-refractivity contribution in [2.75, 3.05) is 26.4 Å². The van der Waals surface area contributed by atoms with Gasteiger partial charge in [-0.05, 0) is 29.7 Å². The Morgan fingerprint density at radius 1 is 1.08 bits per heavy atom. The largest absolute Gasteiger partial charge is 0.486 e. The summed E-state index contributed by atoms with van der Waals surface area (Å²) in [6.45, 7) is 3.10. The highest BCUT2D eigenvalue weighted by molar-refractivity contribution is 5.92. The Bertz CT molecular complexity index is 775. The van der Waals surface area contributed by atoms with Gasteiger partial charge in [0.05, 0.1) is 5.56 Å². The number of fused-ring (bicyclic) bond motifs is 1. The summed E-state index contributed by atoms with van der Waals surface area (Å²) in [5.41, 5.74) is 1.46. The average molecular weight is 355 g/mol. The van der Waals surface area contributed by atoms with Crippen LogP contribution >= 0.6 is 0 Å². The Hall–Kier alpha value is -3.02. The summed E-state index contributed by atoms with van der Waals surface area (Å²) in [6.07, 6.45) is 0. The third-order valence-electron chi connectivity index (χ3n) is 4.09. The van der Waals surface area contributed by atoms with E-state index in [4.69, 9.17) is 14.2 Å². The quantitative estimate of drug-likeness (QED) is 0.806. The van der Waals surface area contributed by atoms with Gasteiger partial charge in [0.25, 0.3) is 5.91 Å². The molecule has 6 heteroatoms. The summed E-state index contributed by atoms with van der Waals surface area (Å²) < 4.78 is 15.9. The van der Waals surface area contributed by atoms with Crippen molar-refractivity contribution in [3.8, 4) is 11.5 Å². The first kappa shape index (κ1) is 17.8. The molecule has 1 atom stereocenters. The third kappa shape index (κ3) is 4.53. The van der Waals surface area contributed by atoms with Crippen LogP contribution in [-0.4, -0.2) is 38.2 Å². The maximum absolute atomic E-state index is 12.1. The van der Waals surface area contributed by atoms with Gasteiger partial charge in [-0.1, -0.05) is 37.3 Å². The molecule has 6 nitrogen and oxygen atoms in total. The lowest BCUT2D eigenvalue weighted by Crippen LogP contribution is -2.31. The Morgan fingerprint density at radius 2 is 1.81 bits per heavy atom. The molecule has 0 saturated heterocycles. The Balaban J connectivity index is 1.46. The lowest BCUT2D eigenvalue weighted by Gasteiger charge is -2.18. The molecule has 0 aromatic heterocycles. The van der Waals surface area contributed by atoms with E-state index < -0.39 is 5.97 Å². The molecule has 0 spiro atoms. The number of carbonyl (C=O) groups excluding carboxylic acids is 2. The van der Waals surface area contributed by atoms with Crippen LogP contribution in [0.25, 0.3) is 0 Å². The SMILES string of the molecule is C[C@H](CNC(=O)COC(=O)c1ccc2c(c1)OCCO2)c1ccccc1. The van der Waals surface area contributed by atoms with Crippen molar-refractivity contribution in [2.24, 2.45) is 0 Å². The van der Waals surface area contributed by atoms with Crippen molar-refractivity contribution >= 4 is 11.9 Å². The van der Waals surface area contributed by atoms with Crippen molar-refractivity contribution in [3.05, 3.63) is 59.7 Å². The zero-order chi connectivity index (χ0) is 18.4. The van der Waals surface area contributed by atoms with Crippen LogP contribution in [0.1, 0.15) is 28.8 Å². The van der Waals surface area contributed by atoms with Crippen LogP contribution in [-0.2, 0) is 9.53 Å². The second-order valence-corrected chi connectivity index (χ2v) is 6.05. The van der Waals surface area contributed by atoms with Gasteiger partial charge >= 0.3 is 5.97 Å². The summed E-state index contributed by atoms with van der Waals surface area (Å²) in [4.78, 5) is 24.0. The molecule has 0 radical (unpaired) electrons. The molecule has 1 aliphatic rings. The van der Waals surface area contributed by atoms with E-state index in [1.54, 1.807) is 18.2 Å². The zero-order valence-electron chi connectivity index (χ0n) is 14.6. The lowest BCUT2D eigenvalue weighted by molar-refractivity contribution is -0.124. The molecular weight excluding hydrogens is 334 g/mol. The van der Waals surface area contributed by atoms with Gasteiger partial charge in [0.15, 0.2) is 18.1 Å². The molecule has 136 valence electrons. The summed E-state index contributed by atoms with van der Waals surface area (Å²) in [6, 6.07) is 14.7. The number of hydrogen-bond acceptors (Lipinski definition) is 5. The molecule has 0 aliphatic carbocycles. The number of nitrogens with one attached hydrogen (secondary N) is 1. The molecule has 1 heterocycles. The number of ether oxygens (including phenoxy) is 3. The fraction of sp³-hybridized carbons (Fsp3) is 0.300. The molecule has 2 aromatic rings. The molecule has 3 rings (SSSR count). The highest BCUT2D eigenvalue weighted by Gasteiger charge is 2.17. The summed E-state index contributed by atoms with van der Waals surface area (Å²) in [7, 11) is 0. The molecule has 0 saturated carbocycles. The molecule has 1 amide bonds. The van der Waals surface area contributed by atoms with Crippen LogP contribution < -0.4 is 14.8 Å². The van der Waals surface area contributed by atoms with Crippen LogP contribution in [0.2, 0.25) is 0 Å². The Labute approximate surface area is 152 Å². The predicted octanol–water partition coefficient (Wildman–Crippen LogP) is 2.53. The topological polar surface area (TPSA) is 73.9 Å². The predicted molar refractivity (Wildman–Crippen MR) is 95.6 cm³/mol. The van der Waals surface area contributed by atoms with E-state index in [2.05, 4.69) is 5.32 Å². The number of benzene rings is 2. The monoisotopic (exact) mass is 355 g/mol. The van der Waals surface area contributed by atoms with E-state index in [-0.39, 0.29) is 18.4 Å². The van der Waals surface area contributed by atoms with Crippen LogP contribution in [0.15, 0.2) is 48.5 Å². The fourth-order valence-electron chi connectivity index (χ4n) is 2.60. The maximum atomic E-state index is 12.1. The van der Waals surface area contributed by atoms with Gasteiger partial charge in [-0.3, -0.25) is 4.79 Å². The van der Waals surface area contributed by atoms with E-state index in [0.717, 1.165) is 5.56 Å². The van der Waals surface area contributed by atoms with Crippen molar-refractivity contribution < 1.29 is 23.8 Å². The number of carbonyl (C=O) groups is 2. The number of amides is 1. The minimum Gasteiger partial charge on any atom is -0.486 e. The number of hydrogen-bond donors (Lipinski definition) is 1. The average Bonchev–Trinajstić information content (AvgIpc) is 2.70. The standard InChI is InChI=1S/C20H21NO5/c1-14(15-5-3-2-4-6-15)12-21-19(22)13-26-20(23)16-7-8-17-18(11-16)25-10-9-24-17/h2-8,11,14H,9-10,12-13H2,1H3,(H,21,22)/t14-/m1/s1. The second kappa shape index (κ2) is 8.38. The zero-order valence-corrected chi connectivity index (χ0v) is 14.6. The maximum Gasteiger partial charge on any atom is 0.338 e. The summed E-state index contributed by atoms with van der Waals surface area (Å²) in [5.74, 6) is 0.368. The van der Waals surface area contributed by atoms with E-state index in [1.807, 2.05) is 37.3 Å². The molecular formula is C20H21NO5. The minimum atomic E-state index is -0.576. The van der Waals surface area contributed by atoms with E-state index in [1.165, 1.54) is 0 Å². The molecule has 26 heavy (non-hydrogen) atoms. The molecule has 0 bridgehead atoms. The van der Waals surface area contributed by atoms with Crippen molar-refractivity contribution in [1.82, 2.24) is 5.32 Å². The Kier molecular flexibility index (Phi) is 5.73. The molecule has 2 aromatic carbocycles. The normalized spacial score (nSPS) is 13.6. The second-order valence-electron chi connectivity index (χ2n) is 6.05. The van der Waals surface area contributed by atoms with Gasteiger partial charge in [-0.25, -0.2) is 4.79 Å². The van der Waals surface area contributed by atoms with Gasteiger partial charge in [-0.15, -0.1) is 0 Å². The van der Waals surface area contributed by atoms with E-state index in [0.29, 0.717) is 36.8 Å². The lowest BCUT2D eigenvalue weighted by atomic mass is 10.0. The van der Waals surface area contributed by atoms with Crippen LogP contribution in [0.4, 0.5) is 0 Å². The minimum absolute atomic E-state index is 0.175. The number of rotatable bonds is 6. The van der Waals surface area contributed by atoms with Gasteiger partial charge < -0.3 is 19.5 Å². The van der Waals surface area contributed by atoms with Crippen LogP contribution in [0.5, 0.6) is 11.5 Å². The number of esters is 1. The van der Waals surface area contributed by atoms with Gasteiger partial charge in [0, 0.05) is 6.54 Å². The first-order valence-corrected chi connectivity index (χ1v) is 8.52. The molecule has 0 unspecified atom stereocenters.